The van der Waals surface area contributed by atoms with E-state index in [1.165, 1.54) is 42.7 Å². The Balaban J connectivity index is 1.89. The lowest BCUT2D eigenvalue weighted by atomic mass is 9.94. The molecule has 1 heterocycles. The van der Waals surface area contributed by atoms with E-state index in [0.29, 0.717) is 12.6 Å². The van der Waals surface area contributed by atoms with Crippen molar-refractivity contribution in [1.29, 1.82) is 0 Å². The third kappa shape index (κ3) is 2.76. The van der Waals surface area contributed by atoms with E-state index in [1.54, 1.807) is 11.8 Å². The molecular formula is C15H20N2OS2. The molecule has 3 nitrogen and oxygen atoms in total. The number of hydrogen-bond donors (Lipinski definition) is 0. The molecule has 1 aliphatic heterocycles. The van der Waals surface area contributed by atoms with Crippen molar-refractivity contribution in [3.05, 3.63) is 18.2 Å². The molecule has 0 spiro atoms. The van der Waals surface area contributed by atoms with Gasteiger partial charge in [-0.05, 0) is 43.8 Å². The van der Waals surface area contributed by atoms with Gasteiger partial charge in [0.15, 0.2) is 0 Å². The predicted octanol–water partition coefficient (Wildman–Crippen LogP) is 4.33. The van der Waals surface area contributed by atoms with E-state index < -0.39 is 0 Å². The zero-order chi connectivity index (χ0) is 13.9. The molecule has 1 aromatic rings. The first kappa shape index (κ1) is 14.4. The van der Waals surface area contributed by atoms with Gasteiger partial charge < -0.3 is 9.64 Å². The summed E-state index contributed by atoms with van der Waals surface area (Å²) < 4.78 is 5.72. The summed E-state index contributed by atoms with van der Waals surface area (Å²) in [5.74, 6) is 0.927. The Morgan fingerprint density at radius 2 is 2.15 bits per heavy atom. The molecule has 3 rings (SSSR count). The number of ether oxygens (including phenoxy) is 1. The van der Waals surface area contributed by atoms with Crippen LogP contribution in [0.4, 0.5) is 5.69 Å². The van der Waals surface area contributed by atoms with Crippen LogP contribution in [0.1, 0.15) is 39.0 Å². The highest BCUT2D eigenvalue weighted by molar-refractivity contribution is 8.16. The molecule has 0 bridgehead atoms. The normalized spacial score (nSPS) is 22.9. The number of rotatable bonds is 4. The summed E-state index contributed by atoms with van der Waals surface area (Å²) >= 11 is 2.71. The molecule has 2 aliphatic rings. The first-order valence-electron chi connectivity index (χ1n) is 7.35. The van der Waals surface area contributed by atoms with E-state index >= 15 is 0 Å². The Kier molecular flexibility index (Phi) is 4.68. The van der Waals surface area contributed by atoms with Crippen LogP contribution in [-0.2, 0) is 0 Å². The Morgan fingerprint density at radius 1 is 1.35 bits per heavy atom. The number of thioether (sulfide) groups is 1. The van der Waals surface area contributed by atoms with Crippen LogP contribution in [0.15, 0.2) is 23.1 Å². The summed E-state index contributed by atoms with van der Waals surface area (Å²) in [4.78, 5) is 3.66. The third-order valence-corrected chi connectivity index (χ3v) is 6.02. The molecule has 0 N–H and O–H groups in total. The molecule has 1 saturated carbocycles. The van der Waals surface area contributed by atoms with E-state index in [4.69, 9.17) is 4.74 Å². The fourth-order valence-electron chi connectivity index (χ4n) is 3.13. The summed E-state index contributed by atoms with van der Waals surface area (Å²) in [7, 11) is 0. The van der Waals surface area contributed by atoms with E-state index in [2.05, 4.69) is 17.0 Å². The Labute approximate surface area is 129 Å². The van der Waals surface area contributed by atoms with Gasteiger partial charge in [-0.15, -0.1) is 0 Å². The molecule has 108 valence electrons. The van der Waals surface area contributed by atoms with Crippen molar-refractivity contribution >= 4 is 29.4 Å². The highest BCUT2D eigenvalue weighted by Gasteiger charge is 2.36. The first-order valence-corrected chi connectivity index (χ1v) is 9.07. The van der Waals surface area contributed by atoms with E-state index in [1.807, 2.05) is 13.0 Å². The fraction of sp³-hybridized carbons (Fsp3) is 0.600. The summed E-state index contributed by atoms with van der Waals surface area (Å²) in [6.45, 7) is 2.70. The SMILES string of the molecule is CCOc1ccc2c(c1)N(C1CCCCC1)C(S[N])S2. The molecule has 1 atom stereocenters. The van der Waals surface area contributed by atoms with Crippen LogP contribution in [0.5, 0.6) is 5.75 Å². The van der Waals surface area contributed by atoms with Crippen molar-refractivity contribution in [3.63, 3.8) is 0 Å². The minimum Gasteiger partial charge on any atom is -0.494 e. The smallest absolute Gasteiger partial charge is 0.144 e. The van der Waals surface area contributed by atoms with Gasteiger partial charge in [-0.25, -0.2) is 0 Å². The molecule has 1 aliphatic carbocycles. The van der Waals surface area contributed by atoms with Crippen molar-refractivity contribution in [2.24, 2.45) is 0 Å². The number of anilines is 1. The second kappa shape index (κ2) is 6.50. The lowest BCUT2D eigenvalue weighted by molar-refractivity contribution is 0.340. The minimum atomic E-state index is 0.0879. The zero-order valence-corrected chi connectivity index (χ0v) is 13.4. The second-order valence-electron chi connectivity index (χ2n) is 5.29. The largest absolute Gasteiger partial charge is 0.494 e. The maximum atomic E-state index is 9.63. The van der Waals surface area contributed by atoms with Crippen LogP contribution in [0.3, 0.4) is 0 Å². The van der Waals surface area contributed by atoms with Crippen LogP contribution < -0.4 is 14.8 Å². The van der Waals surface area contributed by atoms with E-state index in [-0.39, 0.29) is 4.71 Å². The van der Waals surface area contributed by atoms with Gasteiger partial charge in [-0.1, -0.05) is 36.2 Å². The van der Waals surface area contributed by atoms with Gasteiger partial charge >= 0.3 is 0 Å². The molecule has 5 heteroatoms. The van der Waals surface area contributed by atoms with Gasteiger partial charge in [-0.3, -0.25) is 0 Å². The Bertz CT molecular complexity index is 463. The van der Waals surface area contributed by atoms with Crippen molar-refractivity contribution in [3.8, 4) is 5.75 Å². The molecule has 1 unspecified atom stereocenters. The monoisotopic (exact) mass is 308 g/mol. The van der Waals surface area contributed by atoms with Crippen LogP contribution >= 0.6 is 23.7 Å². The fourth-order valence-corrected chi connectivity index (χ4v) is 5.05. The Hall–Kier alpha value is -0.520. The molecule has 1 aromatic carbocycles. The van der Waals surface area contributed by atoms with Crippen molar-refractivity contribution in [1.82, 2.24) is 5.14 Å². The predicted molar refractivity (Wildman–Crippen MR) is 86.3 cm³/mol. The van der Waals surface area contributed by atoms with Gasteiger partial charge in [0, 0.05) is 17.0 Å². The van der Waals surface area contributed by atoms with Gasteiger partial charge in [0.1, 0.15) is 10.5 Å². The van der Waals surface area contributed by atoms with Crippen molar-refractivity contribution < 1.29 is 4.74 Å². The average molecular weight is 308 g/mol. The zero-order valence-electron chi connectivity index (χ0n) is 11.7. The van der Waals surface area contributed by atoms with Crippen molar-refractivity contribution in [2.45, 2.75) is 54.7 Å². The van der Waals surface area contributed by atoms with E-state index in [0.717, 1.165) is 17.7 Å². The topological polar surface area (TPSA) is 34.8 Å². The van der Waals surface area contributed by atoms with Crippen LogP contribution in [0.2, 0.25) is 0 Å². The van der Waals surface area contributed by atoms with Crippen LogP contribution in [0, 0.1) is 0 Å². The maximum Gasteiger partial charge on any atom is 0.144 e. The summed E-state index contributed by atoms with van der Waals surface area (Å²) in [5.41, 5.74) is 1.24. The minimum absolute atomic E-state index is 0.0879. The van der Waals surface area contributed by atoms with Crippen molar-refractivity contribution in [2.75, 3.05) is 11.5 Å². The molecule has 2 radical (unpaired) electrons. The molecule has 0 saturated heterocycles. The molecular weight excluding hydrogens is 288 g/mol. The Morgan fingerprint density at radius 3 is 2.85 bits per heavy atom. The van der Waals surface area contributed by atoms with Gasteiger partial charge in [0.05, 0.1) is 12.3 Å². The van der Waals surface area contributed by atoms with Crippen LogP contribution in [0.25, 0.3) is 0 Å². The quantitative estimate of drug-likeness (QED) is 0.775. The second-order valence-corrected chi connectivity index (χ2v) is 7.37. The summed E-state index contributed by atoms with van der Waals surface area (Å²) in [6.07, 6.45) is 6.41. The van der Waals surface area contributed by atoms with Crippen LogP contribution in [-0.4, -0.2) is 17.4 Å². The first-order chi connectivity index (χ1) is 9.83. The molecule has 0 aromatic heterocycles. The standard InChI is InChI=1S/C15H20N2OS2/c1-2-18-12-8-9-14-13(10-12)17(15(19-14)20-16)11-6-4-3-5-7-11/h8-11,15H,2-7H2,1H3. The molecule has 0 amide bonds. The highest BCUT2D eigenvalue weighted by atomic mass is 32.2. The number of benzene rings is 1. The summed E-state index contributed by atoms with van der Waals surface area (Å²) in [6, 6.07) is 6.84. The lowest BCUT2D eigenvalue weighted by Crippen LogP contribution is -2.39. The molecule has 20 heavy (non-hydrogen) atoms. The average Bonchev–Trinajstić information content (AvgIpc) is 2.86. The molecule has 1 fully saturated rings. The number of nitrogens with zero attached hydrogens (tertiary/aromatic N) is 2. The van der Waals surface area contributed by atoms with Gasteiger partial charge in [0.2, 0.25) is 0 Å². The van der Waals surface area contributed by atoms with Gasteiger partial charge in [0.25, 0.3) is 0 Å². The third-order valence-electron chi connectivity index (χ3n) is 4.03. The summed E-state index contributed by atoms with van der Waals surface area (Å²) in [5, 5.41) is 9.63. The highest BCUT2D eigenvalue weighted by Crippen LogP contribution is 2.50. The number of fused-ring (bicyclic) bond motifs is 1. The van der Waals surface area contributed by atoms with E-state index in [9.17, 15) is 5.14 Å². The van der Waals surface area contributed by atoms with Gasteiger partial charge in [-0.2, -0.15) is 0 Å². The maximum absolute atomic E-state index is 9.63. The number of hydrogen-bond acceptors (Lipinski definition) is 4. The lowest BCUT2D eigenvalue weighted by Gasteiger charge is -2.36.